The molecule has 9 heteroatoms. The zero-order valence-corrected chi connectivity index (χ0v) is 16.8. The number of carboxylic acid groups (broad SMARTS) is 1. The van der Waals surface area contributed by atoms with Gasteiger partial charge in [-0.3, -0.25) is 24.2 Å². The Kier molecular flexibility index (Phi) is 8.01. The molecule has 1 aliphatic heterocycles. The molecule has 1 fully saturated rings. The lowest BCUT2D eigenvalue weighted by Crippen LogP contribution is -2.54. The molecule has 28 heavy (non-hydrogen) atoms. The molecule has 0 aliphatic carbocycles. The maximum atomic E-state index is 12.8. The molecule has 1 saturated heterocycles. The lowest BCUT2D eigenvalue weighted by Gasteiger charge is -2.30. The van der Waals surface area contributed by atoms with Crippen LogP contribution in [0.4, 0.5) is 0 Å². The first-order chi connectivity index (χ1) is 13.3. The van der Waals surface area contributed by atoms with E-state index in [2.05, 4.69) is 5.32 Å². The molecule has 1 aromatic carbocycles. The Morgan fingerprint density at radius 1 is 1.29 bits per heavy atom. The van der Waals surface area contributed by atoms with E-state index in [4.69, 9.17) is 5.11 Å². The Morgan fingerprint density at radius 2 is 1.96 bits per heavy atom. The Labute approximate surface area is 168 Å². The zero-order chi connectivity index (χ0) is 20.7. The van der Waals surface area contributed by atoms with Gasteiger partial charge in [0.1, 0.15) is 12.6 Å². The third kappa shape index (κ3) is 6.35. The zero-order valence-electron chi connectivity index (χ0n) is 16.0. The summed E-state index contributed by atoms with van der Waals surface area (Å²) in [7, 11) is 1.65. The van der Waals surface area contributed by atoms with Gasteiger partial charge in [0.2, 0.25) is 5.91 Å². The number of benzene rings is 1. The molecule has 0 aromatic heterocycles. The summed E-state index contributed by atoms with van der Waals surface area (Å²) in [5.41, 5.74) is 0.913. The van der Waals surface area contributed by atoms with E-state index in [1.165, 1.54) is 6.92 Å². The molecule has 1 aromatic rings. The van der Waals surface area contributed by atoms with Crippen molar-refractivity contribution in [2.45, 2.75) is 37.5 Å². The second-order valence-electron chi connectivity index (χ2n) is 6.66. The highest BCUT2D eigenvalue weighted by Crippen LogP contribution is 2.19. The van der Waals surface area contributed by atoms with Gasteiger partial charge in [0.15, 0.2) is 5.12 Å². The standard InChI is InChI=1S/C19H25N3O5S/c1-13(23)28-16(11-14-7-4-3-5-8-14)18(26)20-15-9-6-10-21(2)22(19(15)27)12-17(24)25/h3-5,7-8,15-16H,6,9-12H2,1-2H3,(H,20,26)(H,24,25). The fourth-order valence-electron chi connectivity index (χ4n) is 3.06. The van der Waals surface area contributed by atoms with Crippen LogP contribution in [0.2, 0.25) is 0 Å². The lowest BCUT2D eigenvalue weighted by molar-refractivity contribution is -0.157. The van der Waals surface area contributed by atoms with Crippen LogP contribution in [-0.4, -0.2) is 69.5 Å². The van der Waals surface area contributed by atoms with E-state index in [-0.39, 0.29) is 5.12 Å². The smallest absolute Gasteiger partial charge is 0.324 e. The number of rotatable bonds is 7. The van der Waals surface area contributed by atoms with Gasteiger partial charge in [0, 0.05) is 20.5 Å². The summed E-state index contributed by atoms with van der Waals surface area (Å²) >= 11 is 0.929. The molecular formula is C19H25N3O5S. The van der Waals surface area contributed by atoms with Gasteiger partial charge in [-0.25, -0.2) is 5.01 Å². The van der Waals surface area contributed by atoms with Crippen LogP contribution < -0.4 is 5.32 Å². The average Bonchev–Trinajstić information content (AvgIpc) is 2.75. The molecule has 2 N–H and O–H groups in total. The van der Waals surface area contributed by atoms with Crippen LogP contribution in [0.1, 0.15) is 25.3 Å². The van der Waals surface area contributed by atoms with Crippen molar-refractivity contribution in [3.63, 3.8) is 0 Å². The number of amides is 2. The van der Waals surface area contributed by atoms with Crippen molar-refractivity contribution in [3.05, 3.63) is 35.9 Å². The third-order valence-electron chi connectivity index (χ3n) is 4.41. The van der Waals surface area contributed by atoms with Crippen LogP contribution >= 0.6 is 11.8 Å². The fourth-order valence-corrected chi connectivity index (χ4v) is 3.91. The summed E-state index contributed by atoms with van der Waals surface area (Å²) in [5, 5.41) is 13.7. The number of thioether (sulfide) groups is 1. The summed E-state index contributed by atoms with van der Waals surface area (Å²) in [6.07, 6.45) is 1.40. The first-order valence-corrected chi connectivity index (χ1v) is 9.91. The van der Waals surface area contributed by atoms with E-state index >= 15 is 0 Å². The predicted molar refractivity (Wildman–Crippen MR) is 105 cm³/mol. The quantitative estimate of drug-likeness (QED) is 0.692. The number of nitrogens with one attached hydrogen (secondary N) is 1. The monoisotopic (exact) mass is 407 g/mol. The van der Waals surface area contributed by atoms with E-state index in [1.54, 1.807) is 12.1 Å². The number of nitrogens with zero attached hydrogens (tertiary/aromatic N) is 2. The van der Waals surface area contributed by atoms with Gasteiger partial charge < -0.3 is 10.4 Å². The predicted octanol–water partition coefficient (Wildman–Crippen LogP) is 0.916. The SMILES string of the molecule is CC(=O)SC(Cc1ccccc1)C(=O)NC1CCCN(C)N(CC(=O)O)C1=O. The molecule has 1 heterocycles. The number of aliphatic carboxylic acids is 1. The van der Waals surface area contributed by atoms with Crippen molar-refractivity contribution in [2.75, 3.05) is 20.1 Å². The van der Waals surface area contributed by atoms with E-state index in [9.17, 15) is 19.2 Å². The summed E-state index contributed by atoms with van der Waals surface area (Å²) in [6.45, 7) is 1.45. The number of carbonyl (C=O) groups excluding carboxylic acids is 3. The first-order valence-electron chi connectivity index (χ1n) is 9.03. The van der Waals surface area contributed by atoms with Gasteiger partial charge in [0.25, 0.3) is 5.91 Å². The first kappa shape index (κ1) is 21.9. The minimum absolute atomic E-state index is 0.185. The number of carboxylic acids is 1. The fraction of sp³-hybridized carbons (Fsp3) is 0.474. The molecule has 8 nitrogen and oxygen atoms in total. The van der Waals surface area contributed by atoms with Crippen LogP contribution in [0, 0.1) is 0 Å². The van der Waals surface area contributed by atoms with Crippen LogP contribution in [0.15, 0.2) is 30.3 Å². The number of hydrogen-bond acceptors (Lipinski definition) is 6. The van der Waals surface area contributed by atoms with Crippen molar-refractivity contribution in [3.8, 4) is 0 Å². The molecule has 2 atom stereocenters. The topological polar surface area (TPSA) is 107 Å². The Hall–Kier alpha value is -2.39. The van der Waals surface area contributed by atoms with Crippen LogP contribution in [0.3, 0.4) is 0 Å². The van der Waals surface area contributed by atoms with Gasteiger partial charge in [-0.15, -0.1) is 0 Å². The van der Waals surface area contributed by atoms with Crippen molar-refractivity contribution in [1.82, 2.24) is 15.3 Å². The summed E-state index contributed by atoms with van der Waals surface area (Å²) < 4.78 is 0. The van der Waals surface area contributed by atoms with E-state index < -0.39 is 35.6 Å². The number of hydrazine groups is 1. The molecule has 2 amide bonds. The highest BCUT2D eigenvalue weighted by atomic mass is 32.2. The molecule has 0 spiro atoms. The number of carbonyl (C=O) groups is 4. The van der Waals surface area contributed by atoms with Gasteiger partial charge in [-0.05, 0) is 24.8 Å². The Morgan fingerprint density at radius 3 is 2.57 bits per heavy atom. The van der Waals surface area contributed by atoms with Gasteiger partial charge in [0.05, 0.1) is 5.25 Å². The van der Waals surface area contributed by atoms with Crippen molar-refractivity contribution in [1.29, 1.82) is 0 Å². The van der Waals surface area contributed by atoms with Crippen LogP contribution in [0.5, 0.6) is 0 Å². The third-order valence-corrected chi connectivity index (χ3v) is 5.40. The van der Waals surface area contributed by atoms with E-state index in [0.29, 0.717) is 25.8 Å². The second-order valence-corrected chi connectivity index (χ2v) is 8.04. The molecule has 152 valence electrons. The molecular weight excluding hydrogens is 382 g/mol. The lowest BCUT2D eigenvalue weighted by atomic mass is 10.1. The molecule has 0 radical (unpaired) electrons. The molecule has 2 rings (SSSR count). The molecule has 0 saturated carbocycles. The highest BCUT2D eigenvalue weighted by Gasteiger charge is 2.34. The second kappa shape index (κ2) is 10.2. The minimum Gasteiger partial charge on any atom is -0.480 e. The van der Waals surface area contributed by atoms with Crippen molar-refractivity contribution < 1.29 is 24.3 Å². The van der Waals surface area contributed by atoms with Gasteiger partial charge >= 0.3 is 5.97 Å². The van der Waals surface area contributed by atoms with Crippen LogP contribution in [-0.2, 0) is 25.6 Å². The summed E-state index contributed by atoms with van der Waals surface area (Å²) in [4.78, 5) is 48.3. The largest absolute Gasteiger partial charge is 0.480 e. The number of hydrogen-bond donors (Lipinski definition) is 2. The molecule has 1 aliphatic rings. The van der Waals surface area contributed by atoms with Gasteiger partial charge in [-0.1, -0.05) is 42.1 Å². The summed E-state index contributed by atoms with van der Waals surface area (Å²) in [6, 6.07) is 8.52. The average molecular weight is 407 g/mol. The Bertz CT molecular complexity index is 728. The summed E-state index contributed by atoms with van der Waals surface area (Å²) in [5.74, 6) is -1.98. The van der Waals surface area contributed by atoms with Gasteiger partial charge in [-0.2, -0.15) is 0 Å². The normalized spacial score (nSPS) is 19.0. The van der Waals surface area contributed by atoms with E-state index in [1.807, 2.05) is 30.3 Å². The maximum absolute atomic E-state index is 12.8. The van der Waals surface area contributed by atoms with E-state index in [0.717, 1.165) is 22.3 Å². The minimum atomic E-state index is -1.12. The van der Waals surface area contributed by atoms with Crippen LogP contribution in [0.25, 0.3) is 0 Å². The maximum Gasteiger partial charge on any atom is 0.324 e. The van der Waals surface area contributed by atoms with Crippen molar-refractivity contribution in [2.24, 2.45) is 0 Å². The van der Waals surface area contributed by atoms with Crippen molar-refractivity contribution >= 4 is 34.7 Å². The highest BCUT2D eigenvalue weighted by molar-refractivity contribution is 8.14. The molecule has 2 unspecified atom stereocenters. The molecule has 0 bridgehead atoms. The Balaban J connectivity index is 2.12.